The van der Waals surface area contributed by atoms with Gasteiger partial charge in [0.15, 0.2) is 11.7 Å². The Hall–Kier alpha value is -1.97. The highest BCUT2D eigenvalue weighted by Gasteiger charge is 2.08. The van der Waals surface area contributed by atoms with Crippen molar-refractivity contribution in [3.8, 4) is 5.75 Å². The summed E-state index contributed by atoms with van der Waals surface area (Å²) in [6.07, 6.45) is 0. The van der Waals surface area contributed by atoms with Crippen LogP contribution in [-0.2, 0) is 9.59 Å². The normalized spacial score (nSPS) is 9.96. The van der Waals surface area contributed by atoms with Gasteiger partial charge in [0.05, 0.1) is 4.47 Å². The van der Waals surface area contributed by atoms with Gasteiger partial charge in [-0.25, -0.2) is 0 Å². The Morgan fingerprint density at radius 2 is 1.65 bits per heavy atom. The lowest BCUT2D eigenvalue weighted by Crippen LogP contribution is -2.37. The summed E-state index contributed by atoms with van der Waals surface area (Å²) < 4.78 is 7.08. The quantitative estimate of drug-likeness (QED) is 0.539. The van der Waals surface area contributed by atoms with Crippen LogP contribution in [0, 0.1) is 0 Å². The molecule has 0 aliphatic heterocycles. The van der Waals surface area contributed by atoms with Crippen molar-refractivity contribution >= 4 is 72.4 Å². The highest BCUT2D eigenvalue weighted by Crippen LogP contribution is 2.28. The second kappa shape index (κ2) is 9.65. The molecule has 0 heterocycles. The van der Waals surface area contributed by atoms with Crippen molar-refractivity contribution < 1.29 is 14.3 Å². The molecule has 9 heteroatoms. The molecule has 26 heavy (non-hydrogen) atoms. The van der Waals surface area contributed by atoms with Crippen molar-refractivity contribution in [2.75, 3.05) is 17.2 Å². The predicted molar refractivity (Wildman–Crippen MR) is 112 cm³/mol. The van der Waals surface area contributed by atoms with Gasteiger partial charge in [0, 0.05) is 22.8 Å². The van der Waals surface area contributed by atoms with E-state index in [9.17, 15) is 9.59 Å². The van der Waals surface area contributed by atoms with Crippen molar-refractivity contribution in [1.82, 2.24) is 5.32 Å². The number of benzene rings is 2. The molecule has 0 saturated heterocycles. The molecular formula is C17H15Br2N3O3S. The molecule has 0 spiro atoms. The van der Waals surface area contributed by atoms with Crippen LogP contribution >= 0.6 is 44.1 Å². The number of anilines is 2. The molecule has 0 atom stereocenters. The van der Waals surface area contributed by atoms with Crippen LogP contribution in [0.3, 0.4) is 0 Å². The smallest absolute Gasteiger partial charge is 0.264 e. The van der Waals surface area contributed by atoms with Crippen molar-refractivity contribution in [1.29, 1.82) is 0 Å². The van der Waals surface area contributed by atoms with E-state index >= 15 is 0 Å². The second-order valence-corrected chi connectivity index (χ2v) is 7.30. The van der Waals surface area contributed by atoms with Crippen LogP contribution in [0.25, 0.3) is 0 Å². The standard InChI is InChI=1S/C17H15Br2N3O3S/c1-10(23)20-12-3-5-13(6-4-12)21-17(26)22-16(24)9-25-15-7-2-11(18)8-14(15)19/h2-8H,9H2,1H3,(H,20,23)(H2,21,22,24,26). The number of nitrogens with one attached hydrogen (secondary N) is 3. The molecule has 0 saturated carbocycles. The number of carbonyl (C=O) groups excluding carboxylic acids is 2. The Balaban J connectivity index is 1.81. The molecule has 3 N–H and O–H groups in total. The van der Waals surface area contributed by atoms with Crippen LogP contribution in [0.4, 0.5) is 11.4 Å². The molecule has 136 valence electrons. The van der Waals surface area contributed by atoms with Gasteiger partial charge >= 0.3 is 0 Å². The van der Waals surface area contributed by atoms with E-state index in [4.69, 9.17) is 17.0 Å². The fourth-order valence-corrected chi connectivity index (χ4v) is 3.29. The van der Waals surface area contributed by atoms with E-state index < -0.39 is 0 Å². The number of carbonyl (C=O) groups is 2. The van der Waals surface area contributed by atoms with E-state index in [-0.39, 0.29) is 23.5 Å². The Bertz CT molecular complexity index is 829. The first-order valence-corrected chi connectivity index (χ1v) is 9.39. The first-order valence-electron chi connectivity index (χ1n) is 7.40. The molecule has 0 radical (unpaired) electrons. The number of hydrogen-bond donors (Lipinski definition) is 3. The van der Waals surface area contributed by atoms with Crippen LogP contribution < -0.4 is 20.7 Å². The molecule has 2 aromatic rings. The summed E-state index contributed by atoms with van der Waals surface area (Å²) in [4.78, 5) is 22.9. The van der Waals surface area contributed by atoms with Gasteiger partial charge in [-0.05, 0) is 70.6 Å². The molecule has 0 aliphatic rings. The maximum Gasteiger partial charge on any atom is 0.264 e. The molecule has 6 nitrogen and oxygen atoms in total. The monoisotopic (exact) mass is 499 g/mol. The lowest BCUT2D eigenvalue weighted by molar-refractivity contribution is -0.121. The Morgan fingerprint density at radius 3 is 2.23 bits per heavy atom. The van der Waals surface area contributed by atoms with Gasteiger partial charge < -0.3 is 15.4 Å². The fourth-order valence-electron chi connectivity index (χ4n) is 1.90. The van der Waals surface area contributed by atoms with E-state index in [1.807, 2.05) is 12.1 Å². The van der Waals surface area contributed by atoms with Gasteiger partial charge in [-0.1, -0.05) is 15.9 Å². The summed E-state index contributed by atoms with van der Waals surface area (Å²) in [5.74, 6) is 0.0221. The molecule has 0 fully saturated rings. The van der Waals surface area contributed by atoms with Crippen molar-refractivity contribution in [2.45, 2.75) is 6.92 Å². The zero-order chi connectivity index (χ0) is 19.1. The number of rotatable bonds is 5. The number of halogens is 2. The summed E-state index contributed by atoms with van der Waals surface area (Å²) in [6, 6.07) is 12.3. The number of hydrogen-bond acceptors (Lipinski definition) is 4. The number of thiocarbonyl (C=S) groups is 1. The minimum atomic E-state index is -0.382. The van der Waals surface area contributed by atoms with E-state index in [0.717, 1.165) is 8.95 Å². The second-order valence-electron chi connectivity index (χ2n) is 5.12. The zero-order valence-electron chi connectivity index (χ0n) is 13.6. The van der Waals surface area contributed by atoms with E-state index in [2.05, 4.69) is 47.8 Å². The molecule has 0 aromatic heterocycles. The van der Waals surface area contributed by atoms with Crippen LogP contribution in [0.1, 0.15) is 6.92 Å². The third-order valence-electron chi connectivity index (χ3n) is 2.97. The van der Waals surface area contributed by atoms with Gasteiger partial charge in [0.25, 0.3) is 5.91 Å². The molecule has 2 rings (SSSR count). The van der Waals surface area contributed by atoms with Gasteiger partial charge in [-0.3, -0.25) is 14.9 Å². The van der Waals surface area contributed by atoms with Crippen LogP contribution in [0.2, 0.25) is 0 Å². The maximum atomic E-state index is 11.9. The highest BCUT2D eigenvalue weighted by atomic mass is 79.9. The average Bonchev–Trinajstić information content (AvgIpc) is 2.55. The van der Waals surface area contributed by atoms with Gasteiger partial charge in [-0.15, -0.1) is 0 Å². The molecule has 0 unspecified atom stereocenters. The Kier molecular flexibility index (Phi) is 7.55. The number of amides is 2. The molecule has 0 aliphatic carbocycles. The maximum absolute atomic E-state index is 11.9. The largest absolute Gasteiger partial charge is 0.483 e. The average molecular weight is 501 g/mol. The van der Waals surface area contributed by atoms with Gasteiger partial charge in [-0.2, -0.15) is 0 Å². The first-order chi connectivity index (χ1) is 12.3. The van der Waals surface area contributed by atoms with Gasteiger partial charge in [0.1, 0.15) is 5.75 Å². The fraction of sp³-hybridized carbons (Fsp3) is 0.118. The van der Waals surface area contributed by atoms with Crippen LogP contribution in [0.15, 0.2) is 51.4 Å². The molecule has 2 amide bonds. The predicted octanol–water partition coefficient (Wildman–Crippen LogP) is 4.06. The van der Waals surface area contributed by atoms with Gasteiger partial charge in [0.2, 0.25) is 5.91 Å². The zero-order valence-corrected chi connectivity index (χ0v) is 17.6. The van der Waals surface area contributed by atoms with E-state index in [1.165, 1.54) is 6.92 Å². The van der Waals surface area contributed by atoms with Crippen LogP contribution in [-0.4, -0.2) is 23.5 Å². The minimum absolute atomic E-state index is 0.147. The van der Waals surface area contributed by atoms with Crippen molar-refractivity contribution in [2.24, 2.45) is 0 Å². The highest BCUT2D eigenvalue weighted by molar-refractivity contribution is 9.11. The molecule has 2 aromatic carbocycles. The lowest BCUT2D eigenvalue weighted by Gasteiger charge is -2.11. The summed E-state index contributed by atoms with van der Waals surface area (Å²) in [7, 11) is 0. The third kappa shape index (κ3) is 6.74. The molecular weight excluding hydrogens is 486 g/mol. The van der Waals surface area contributed by atoms with E-state index in [0.29, 0.717) is 17.1 Å². The van der Waals surface area contributed by atoms with Crippen molar-refractivity contribution in [3.05, 3.63) is 51.4 Å². The first kappa shape index (κ1) is 20.3. The number of ether oxygens (including phenoxy) is 1. The Labute approximate surface area is 172 Å². The molecule has 0 bridgehead atoms. The summed E-state index contributed by atoms with van der Waals surface area (Å²) in [6.45, 7) is 1.26. The Morgan fingerprint density at radius 1 is 1.04 bits per heavy atom. The van der Waals surface area contributed by atoms with Crippen molar-refractivity contribution in [3.63, 3.8) is 0 Å². The van der Waals surface area contributed by atoms with Crippen LogP contribution in [0.5, 0.6) is 5.75 Å². The summed E-state index contributed by atoms with van der Waals surface area (Å²) >= 11 is 11.8. The minimum Gasteiger partial charge on any atom is -0.483 e. The van der Waals surface area contributed by atoms with E-state index in [1.54, 1.807) is 30.3 Å². The topological polar surface area (TPSA) is 79.5 Å². The SMILES string of the molecule is CC(=O)Nc1ccc(NC(=S)NC(=O)COc2ccc(Br)cc2Br)cc1. The summed E-state index contributed by atoms with van der Waals surface area (Å²) in [5.41, 5.74) is 1.35. The lowest BCUT2D eigenvalue weighted by atomic mass is 10.3. The summed E-state index contributed by atoms with van der Waals surface area (Å²) in [5, 5.41) is 8.24. The third-order valence-corrected chi connectivity index (χ3v) is 4.29.